The third kappa shape index (κ3) is 3.57. The molecule has 0 aromatic heterocycles. The summed E-state index contributed by atoms with van der Waals surface area (Å²) in [5.41, 5.74) is 5.73. The van der Waals surface area contributed by atoms with Gasteiger partial charge in [-0.15, -0.1) is 12.4 Å². The Labute approximate surface area is 116 Å². The summed E-state index contributed by atoms with van der Waals surface area (Å²) in [6.07, 6.45) is 2.22. The van der Waals surface area contributed by atoms with Crippen LogP contribution in [0.3, 0.4) is 0 Å². The Bertz CT molecular complexity index is 418. The van der Waals surface area contributed by atoms with Gasteiger partial charge in [0.2, 0.25) is 0 Å². The Morgan fingerprint density at radius 3 is 2.78 bits per heavy atom. The van der Waals surface area contributed by atoms with Crippen molar-refractivity contribution < 1.29 is 9.18 Å². The van der Waals surface area contributed by atoms with Crippen LogP contribution in [0.1, 0.15) is 23.2 Å². The number of hydrogen-bond acceptors (Lipinski definition) is 2. The topological polar surface area (TPSA) is 55.1 Å². The van der Waals surface area contributed by atoms with E-state index in [0.29, 0.717) is 12.5 Å². The zero-order valence-corrected chi connectivity index (χ0v) is 11.2. The third-order valence-electron chi connectivity index (χ3n) is 2.92. The number of nitrogens with one attached hydrogen (secondary N) is 1. The van der Waals surface area contributed by atoms with Crippen molar-refractivity contribution in [1.29, 1.82) is 0 Å². The fourth-order valence-electron chi connectivity index (χ4n) is 1.70. The summed E-state index contributed by atoms with van der Waals surface area (Å²) >= 11 is 5.78. The van der Waals surface area contributed by atoms with Crippen molar-refractivity contribution in [3.8, 4) is 0 Å². The van der Waals surface area contributed by atoms with Crippen LogP contribution in [0.4, 0.5) is 4.39 Å². The SMILES string of the molecule is Cl.NC(CNC(=O)c1c(F)cccc1Cl)C1CC1. The molecule has 100 valence electrons. The van der Waals surface area contributed by atoms with E-state index in [1.54, 1.807) is 0 Å². The molecular weight excluding hydrogens is 278 g/mol. The minimum absolute atomic E-state index is 0. The molecular formula is C12H15Cl2FN2O. The normalized spacial score (nSPS) is 15.7. The Hall–Kier alpha value is -0.840. The first kappa shape index (κ1) is 15.2. The molecule has 0 heterocycles. The van der Waals surface area contributed by atoms with E-state index in [0.717, 1.165) is 12.8 Å². The molecule has 1 aliphatic rings. The molecule has 0 bridgehead atoms. The van der Waals surface area contributed by atoms with Crippen LogP contribution >= 0.6 is 24.0 Å². The number of amides is 1. The molecule has 1 amide bonds. The molecule has 0 saturated heterocycles. The van der Waals surface area contributed by atoms with E-state index in [9.17, 15) is 9.18 Å². The van der Waals surface area contributed by atoms with Crippen molar-refractivity contribution >= 4 is 29.9 Å². The first-order valence-corrected chi connectivity index (χ1v) is 5.95. The molecule has 1 aliphatic carbocycles. The number of nitrogens with two attached hydrogens (primary N) is 1. The van der Waals surface area contributed by atoms with Crippen molar-refractivity contribution in [2.24, 2.45) is 11.7 Å². The maximum atomic E-state index is 13.4. The Morgan fingerprint density at radius 1 is 1.56 bits per heavy atom. The lowest BCUT2D eigenvalue weighted by molar-refractivity contribution is 0.0946. The molecule has 1 atom stereocenters. The van der Waals surface area contributed by atoms with Crippen LogP contribution in [0.5, 0.6) is 0 Å². The molecule has 1 aromatic rings. The van der Waals surface area contributed by atoms with Crippen LogP contribution < -0.4 is 11.1 Å². The highest BCUT2D eigenvalue weighted by atomic mass is 35.5. The summed E-state index contributed by atoms with van der Waals surface area (Å²) in [6.45, 7) is 0.355. The predicted molar refractivity (Wildman–Crippen MR) is 71.7 cm³/mol. The van der Waals surface area contributed by atoms with E-state index in [-0.39, 0.29) is 29.0 Å². The van der Waals surface area contributed by atoms with E-state index in [4.69, 9.17) is 17.3 Å². The average molecular weight is 293 g/mol. The number of rotatable bonds is 4. The maximum absolute atomic E-state index is 13.4. The van der Waals surface area contributed by atoms with Crippen molar-refractivity contribution in [2.45, 2.75) is 18.9 Å². The van der Waals surface area contributed by atoms with Gasteiger partial charge in [-0.3, -0.25) is 4.79 Å². The molecule has 0 radical (unpaired) electrons. The number of halogens is 3. The lowest BCUT2D eigenvalue weighted by Gasteiger charge is -2.12. The lowest BCUT2D eigenvalue weighted by Crippen LogP contribution is -2.38. The quantitative estimate of drug-likeness (QED) is 0.895. The molecule has 18 heavy (non-hydrogen) atoms. The standard InChI is InChI=1S/C12H14ClFN2O.ClH/c13-8-2-1-3-9(14)11(8)12(17)16-6-10(15)7-4-5-7;/h1-3,7,10H,4-6,15H2,(H,16,17);1H. The molecule has 1 saturated carbocycles. The number of carbonyl (C=O) groups excluding carboxylic acids is 1. The molecule has 1 unspecified atom stereocenters. The zero-order chi connectivity index (χ0) is 12.4. The van der Waals surface area contributed by atoms with Crippen LogP contribution in [0, 0.1) is 11.7 Å². The minimum atomic E-state index is -0.616. The summed E-state index contributed by atoms with van der Waals surface area (Å²) in [6, 6.07) is 4.11. The van der Waals surface area contributed by atoms with Gasteiger partial charge in [0, 0.05) is 12.6 Å². The molecule has 3 N–H and O–H groups in total. The number of benzene rings is 1. The van der Waals surface area contributed by atoms with Gasteiger partial charge in [0.1, 0.15) is 5.82 Å². The highest BCUT2D eigenvalue weighted by molar-refractivity contribution is 6.33. The van der Waals surface area contributed by atoms with Gasteiger partial charge in [-0.1, -0.05) is 17.7 Å². The zero-order valence-electron chi connectivity index (χ0n) is 9.66. The van der Waals surface area contributed by atoms with E-state index in [1.807, 2.05) is 0 Å². The fraction of sp³-hybridized carbons (Fsp3) is 0.417. The van der Waals surface area contributed by atoms with Gasteiger partial charge in [-0.25, -0.2) is 4.39 Å². The highest BCUT2D eigenvalue weighted by Crippen LogP contribution is 2.31. The second kappa shape index (κ2) is 6.36. The Kier molecular flexibility index (Phi) is 5.38. The third-order valence-corrected chi connectivity index (χ3v) is 3.23. The predicted octanol–water partition coefficient (Wildman–Crippen LogP) is 2.37. The average Bonchev–Trinajstić information content (AvgIpc) is 3.09. The fourth-order valence-corrected chi connectivity index (χ4v) is 1.95. The summed E-state index contributed by atoms with van der Waals surface area (Å²) in [5, 5.41) is 2.73. The monoisotopic (exact) mass is 292 g/mol. The van der Waals surface area contributed by atoms with Gasteiger partial charge in [0.25, 0.3) is 5.91 Å². The van der Waals surface area contributed by atoms with E-state index in [2.05, 4.69) is 5.32 Å². The van der Waals surface area contributed by atoms with Crippen LogP contribution in [-0.2, 0) is 0 Å². The number of carbonyl (C=O) groups is 1. The summed E-state index contributed by atoms with van der Waals surface area (Å²) in [7, 11) is 0. The van der Waals surface area contributed by atoms with Crippen LogP contribution in [-0.4, -0.2) is 18.5 Å². The molecule has 3 nitrogen and oxygen atoms in total. The first-order chi connectivity index (χ1) is 8.09. The van der Waals surface area contributed by atoms with Crippen molar-refractivity contribution in [3.63, 3.8) is 0 Å². The van der Waals surface area contributed by atoms with Crippen molar-refractivity contribution in [2.75, 3.05) is 6.54 Å². The molecule has 1 aromatic carbocycles. The summed E-state index contributed by atoms with van der Waals surface area (Å²) in [5.74, 6) is -0.634. The first-order valence-electron chi connectivity index (χ1n) is 5.57. The Morgan fingerprint density at radius 2 is 2.22 bits per heavy atom. The van der Waals surface area contributed by atoms with Gasteiger partial charge in [0.15, 0.2) is 0 Å². The van der Waals surface area contributed by atoms with Gasteiger partial charge >= 0.3 is 0 Å². The molecule has 1 fully saturated rings. The molecule has 2 rings (SSSR count). The highest BCUT2D eigenvalue weighted by Gasteiger charge is 2.28. The minimum Gasteiger partial charge on any atom is -0.350 e. The largest absolute Gasteiger partial charge is 0.350 e. The van der Waals surface area contributed by atoms with Gasteiger partial charge in [-0.05, 0) is 30.9 Å². The van der Waals surface area contributed by atoms with Crippen molar-refractivity contribution in [3.05, 3.63) is 34.6 Å². The van der Waals surface area contributed by atoms with Gasteiger partial charge < -0.3 is 11.1 Å². The Balaban J connectivity index is 0.00000162. The summed E-state index contributed by atoms with van der Waals surface area (Å²) in [4.78, 5) is 11.7. The van der Waals surface area contributed by atoms with Crippen LogP contribution in [0.2, 0.25) is 5.02 Å². The van der Waals surface area contributed by atoms with E-state index >= 15 is 0 Å². The van der Waals surface area contributed by atoms with E-state index in [1.165, 1.54) is 18.2 Å². The van der Waals surface area contributed by atoms with Crippen molar-refractivity contribution in [1.82, 2.24) is 5.32 Å². The van der Waals surface area contributed by atoms with Crippen LogP contribution in [0.15, 0.2) is 18.2 Å². The van der Waals surface area contributed by atoms with Gasteiger partial charge in [-0.2, -0.15) is 0 Å². The smallest absolute Gasteiger partial charge is 0.255 e. The molecule has 6 heteroatoms. The second-order valence-electron chi connectivity index (χ2n) is 4.31. The second-order valence-corrected chi connectivity index (χ2v) is 4.72. The maximum Gasteiger partial charge on any atom is 0.255 e. The summed E-state index contributed by atoms with van der Waals surface area (Å²) < 4.78 is 13.4. The molecule has 0 spiro atoms. The molecule has 0 aliphatic heterocycles. The van der Waals surface area contributed by atoms with Crippen LogP contribution in [0.25, 0.3) is 0 Å². The van der Waals surface area contributed by atoms with E-state index < -0.39 is 11.7 Å². The van der Waals surface area contributed by atoms with Gasteiger partial charge in [0.05, 0.1) is 10.6 Å². The lowest BCUT2D eigenvalue weighted by atomic mass is 10.1. The number of hydrogen-bond donors (Lipinski definition) is 2.